The van der Waals surface area contributed by atoms with Crippen LogP contribution in [0.2, 0.25) is 0 Å². The van der Waals surface area contributed by atoms with Crippen molar-refractivity contribution < 1.29 is 9.90 Å². The molecule has 1 aromatic rings. The van der Waals surface area contributed by atoms with Crippen molar-refractivity contribution in [1.29, 1.82) is 0 Å². The lowest BCUT2D eigenvalue weighted by Crippen LogP contribution is -2.33. The Bertz CT molecular complexity index is 475. The van der Waals surface area contributed by atoms with Crippen LogP contribution < -0.4 is 5.73 Å². The Kier molecular flexibility index (Phi) is 2.86. The SMILES string of the molecule is NC(Cc1c2c(cc3c1CCC3)CCC2)C(=O)O. The first-order valence-electron chi connectivity index (χ1n) is 6.80. The van der Waals surface area contributed by atoms with E-state index in [4.69, 9.17) is 10.8 Å². The number of carbonyl (C=O) groups is 1. The number of aryl methyl sites for hydroxylation is 2. The second-order valence-electron chi connectivity index (χ2n) is 5.49. The predicted octanol–water partition coefficient (Wildman–Crippen LogP) is 1.62. The molecule has 0 aliphatic heterocycles. The van der Waals surface area contributed by atoms with Gasteiger partial charge in [-0.3, -0.25) is 4.79 Å². The number of rotatable bonds is 3. The number of nitrogens with two attached hydrogens (primary N) is 1. The zero-order valence-corrected chi connectivity index (χ0v) is 10.5. The Balaban J connectivity index is 2.04. The fraction of sp³-hybridized carbons (Fsp3) is 0.533. The molecule has 0 saturated heterocycles. The molecular formula is C15H19NO2. The third-order valence-corrected chi connectivity index (χ3v) is 4.34. The molecule has 1 aromatic carbocycles. The second-order valence-corrected chi connectivity index (χ2v) is 5.49. The lowest BCUT2D eigenvalue weighted by atomic mass is 9.90. The highest BCUT2D eigenvalue weighted by Crippen LogP contribution is 2.35. The summed E-state index contributed by atoms with van der Waals surface area (Å²) < 4.78 is 0. The van der Waals surface area contributed by atoms with Crippen LogP contribution in [0.4, 0.5) is 0 Å². The summed E-state index contributed by atoms with van der Waals surface area (Å²) >= 11 is 0. The van der Waals surface area contributed by atoms with Gasteiger partial charge in [-0.2, -0.15) is 0 Å². The molecule has 0 spiro atoms. The average Bonchev–Trinajstić information content (AvgIpc) is 2.95. The van der Waals surface area contributed by atoms with Gasteiger partial charge in [-0.05, 0) is 72.8 Å². The second kappa shape index (κ2) is 4.39. The van der Waals surface area contributed by atoms with Crippen LogP contribution in [0.15, 0.2) is 6.07 Å². The minimum atomic E-state index is -0.891. The smallest absolute Gasteiger partial charge is 0.320 e. The zero-order valence-electron chi connectivity index (χ0n) is 10.5. The van der Waals surface area contributed by atoms with Gasteiger partial charge in [0, 0.05) is 0 Å². The Hall–Kier alpha value is -1.35. The number of aliphatic carboxylic acids is 1. The summed E-state index contributed by atoms with van der Waals surface area (Å²) in [5.41, 5.74) is 12.7. The Labute approximate surface area is 107 Å². The van der Waals surface area contributed by atoms with Crippen LogP contribution in [-0.2, 0) is 36.9 Å². The molecule has 0 heterocycles. The summed E-state index contributed by atoms with van der Waals surface area (Å²) in [4.78, 5) is 11.0. The molecule has 2 aliphatic rings. The maximum Gasteiger partial charge on any atom is 0.320 e. The van der Waals surface area contributed by atoms with Gasteiger partial charge in [0.1, 0.15) is 6.04 Å². The van der Waals surface area contributed by atoms with E-state index in [0.29, 0.717) is 6.42 Å². The van der Waals surface area contributed by atoms with Crippen LogP contribution in [-0.4, -0.2) is 17.1 Å². The van der Waals surface area contributed by atoms with E-state index >= 15 is 0 Å². The molecule has 0 radical (unpaired) electrons. The molecule has 96 valence electrons. The van der Waals surface area contributed by atoms with E-state index in [-0.39, 0.29) is 0 Å². The molecule has 3 rings (SSSR count). The largest absolute Gasteiger partial charge is 0.480 e. The predicted molar refractivity (Wildman–Crippen MR) is 69.8 cm³/mol. The molecule has 1 unspecified atom stereocenters. The van der Waals surface area contributed by atoms with Crippen LogP contribution in [0, 0.1) is 0 Å². The lowest BCUT2D eigenvalue weighted by molar-refractivity contribution is -0.138. The van der Waals surface area contributed by atoms with Crippen molar-refractivity contribution in [2.45, 2.75) is 51.0 Å². The molecule has 18 heavy (non-hydrogen) atoms. The van der Waals surface area contributed by atoms with Gasteiger partial charge in [0.05, 0.1) is 0 Å². The van der Waals surface area contributed by atoms with E-state index in [9.17, 15) is 4.79 Å². The van der Waals surface area contributed by atoms with E-state index in [2.05, 4.69) is 6.07 Å². The van der Waals surface area contributed by atoms with Gasteiger partial charge in [-0.1, -0.05) is 6.07 Å². The van der Waals surface area contributed by atoms with Gasteiger partial charge in [-0.15, -0.1) is 0 Å². The van der Waals surface area contributed by atoms with E-state index < -0.39 is 12.0 Å². The fourth-order valence-electron chi connectivity index (χ4n) is 3.49. The van der Waals surface area contributed by atoms with Crippen LogP contribution in [0.25, 0.3) is 0 Å². The lowest BCUT2D eigenvalue weighted by Gasteiger charge is -2.16. The number of benzene rings is 1. The van der Waals surface area contributed by atoms with E-state index in [1.807, 2.05) is 0 Å². The van der Waals surface area contributed by atoms with Gasteiger partial charge in [0.2, 0.25) is 0 Å². The first-order valence-corrected chi connectivity index (χ1v) is 6.80. The summed E-state index contributed by atoms with van der Waals surface area (Å²) in [6.07, 6.45) is 7.41. The number of hydrogen-bond donors (Lipinski definition) is 2. The zero-order chi connectivity index (χ0) is 12.7. The molecule has 0 fully saturated rings. The first-order chi connectivity index (χ1) is 8.66. The van der Waals surface area contributed by atoms with E-state index in [0.717, 1.165) is 25.7 Å². The highest BCUT2D eigenvalue weighted by Gasteiger charge is 2.26. The monoisotopic (exact) mass is 245 g/mol. The number of fused-ring (bicyclic) bond motifs is 2. The molecule has 3 heteroatoms. The minimum absolute atomic E-state index is 0.501. The third kappa shape index (κ3) is 1.83. The first kappa shape index (κ1) is 11.7. The Morgan fingerprint density at radius 1 is 1.17 bits per heavy atom. The number of carboxylic acid groups (broad SMARTS) is 1. The van der Waals surface area contributed by atoms with Crippen molar-refractivity contribution in [3.8, 4) is 0 Å². The van der Waals surface area contributed by atoms with Gasteiger partial charge in [0.15, 0.2) is 0 Å². The standard InChI is InChI=1S/C15H19NO2/c16-14(15(17)18)8-13-11-5-1-3-9(11)7-10-4-2-6-12(10)13/h7,14H,1-6,8,16H2,(H,17,18). The highest BCUT2D eigenvalue weighted by molar-refractivity contribution is 5.74. The van der Waals surface area contributed by atoms with Gasteiger partial charge in [-0.25, -0.2) is 0 Å². The molecule has 2 aliphatic carbocycles. The molecule has 0 saturated carbocycles. The van der Waals surface area contributed by atoms with Crippen molar-refractivity contribution in [2.24, 2.45) is 5.73 Å². The number of hydrogen-bond acceptors (Lipinski definition) is 2. The van der Waals surface area contributed by atoms with Crippen LogP contribution in [0.3, 0.4) is 0 Å². The molecule has 3 N–H and O–H groups in total. The molecule has 0 amide bonds. The molecule has 0 bridgehead atoms. The summed E-state index contributed by atoms with van der Waals surface area (Å²) in [5, 5.41) is 9.02. The third-order valence-electron chi connectivity index (χ3n) is 4.34. The van der Waals surface area contributed by atoms with E-state index in [1.54, 1.807) is 0 Å². The normalized spacial score (nSPS) is 18.5. The topological polar surface area (TPSA) is 63.3 Å². The van der Waals surface area contributed by atoms with Crippen LogP contribution in [0.1, 0.15) is 40.7 Å². The summed E-state index contributed by atoms with van der Waals surface area (Å²) in [6, 6.07) is 1.60. The molecular weight excluding hydrogens is 226 g/mol. The number of carboxylic acids is 1. The van der Waals surface area contributed by atoms with Gasteiger partial charge in [0.25, 0.3) is 0 Å². The quantitative estimate of drug-likeness (QED) is 0.850. The van der Waals surface area contributed by atoms with Crippen LogP contribution in [0.5, 0.6) is 0 Å². The summed E-state index contributed by atoms with van der Waals surface area (Å²) in [7, 11) is 0. The molecule has 1 atom stereocenters. The van der Waals surface area contributed by atoms with Crippen molar-refractivity contribution >= 4 is 5.97 Å². The average molecular weight is 245 g/mol. The highest BCUT2D eigenvalue weighted by atomic mass is 16.4. The summed E-state index contributed by atoms with van der Waals surface area (Å²) in [5.74, 6) is -0.891. The van der Waals surface area contributed by atoms with Crippen LogP contribution >= 0.6 is 0 Å². The molecule has 3 nitrogen and oxygen atoms in total. The molecule has 0 aromatic heterocycles. The Morgan fingerprint density at radius 2 is 1.72 bits per heavy atom. The van der Waals surface area contributed by atoms with E-state index in [1.165, 1.54) is 40.7 Å². The summed E-state index contributed by atoms with van der Waals surface area (Å²) in [6.45, 7) is 0. The van der Waals surface area contributed by atoms with Crippen molar-refractivity contribution in [3.63, 3.8) is 0 Å². The minimum Gasteiger partial charge on any atom is -0.480 e. The van der Waals surface area contributed by atoms with Gasteiger partial charge < -0.3 is 10.8 Å². The maximum atomic E-state index is 11.0. The Morgan fingerprint density at radius 3 is 2.22 bits per heavy atom. The van der Waals surface area contributed by atoms with Crippen molar-refractivity contribution in [1.82, 2.24) is 0 Å². The van der Waals surface area contributed by atoms with Gasteiger partial charge >= 0.3 is 5.97 Å². The van der Waals surface area contributed by atoms with Crippen molar-refractivity contribution in [3.05, 3.63) is 33.9 Å². The maximum absolute atomic E-state index is 11.0. The van der Waals surface area contributed by atoms with Crippen molar-refractivity contribution in [2.75, 3.05) is 0 Å². The fourth-order valence-corrected chi connectivity index (χ4v) is 3.49.